The van der Waals surface area contributed by atoms with Gasteiger partial charge in [-0.1, -0.05) is 39.7 Å². The van der Waals surface area contributed by atoms with Crippen LogP contribution in [0, 0.1) is 11.3 Å². The molecule has 0 radical (unpaired) electrons. The molecule has 2 aromatic carbocycles. The minimum atomic E-state index is -4.54. The number of rotatable bonds is 7. The van der Waals surface area contributed by atoms with Crippen LogP contribution in [0.3, 0.4) is 0 Å². The van der Waals surface area contributed by atoms with Crippen molar-refractivity contribution in [1.29, 1.82) is 5.26 Å². The zero-order valence-electron chi connectivity index (χ0n) is 16.7. The number of amidine groups is 1. The molecular formula is C22H20BrClF3N3O. The molecule has 164 valence electrons. The number of aliphatic imine (C=N–C) groups is 1. The molecule has 0 fully saturated rings. The molecule has 0 bridgehead atoms. The molecule has 3 rings (SSSR count). The number of benzene rings is 2. The van der Waals surface area contributed by atoms with Crippen LogP contribution in [0.15, 0.2) is 45.9 Å². The van der Waals surface area contributed by atoms with Crippen LogP contribution in [0.25, 0.3) is 0 Å². The second-order valence-electron chi connectivity index (χ2n) is 7.04. The summed E-state index contributed by atoms with van der Waals surface area (Å²) in [5.41, 5.74) is 2.23. The van der Waals surface area contributed by atoms with Gasteiger partial charge in [0.2, 0.25) is 0 Å². The van der Waals surface area contributed by atoms with E-state index in [0.29, 0.717) is 23.4 Å². The van der Waals surface area contributed by atoms with Crippen LogP contribution in [0.1, 0.15) is 23.1 Å². The van der Waals surface area contributed by atoms with E-state index < -0.39 is 18.6 Å². The van der Waals surface area contributed by atoms with Gasteiger partial charge in [-0.25, -0.2) is 0 Å². The molecule has 1 atom stereocenters. The molecule has 1 heterocycles. The molecule has 1 unspecified atom stereocenters. The number of hydrogen-bond acceptors (Lipinski definition) is 4. The molecule has 0 N–H and O–H groups in total. The van der Waals surface area contributed by atoms with Crippen molar-refractivity contribution in [1.82, 2.24) is 4.90 Å². The molecule has 4 nitrogen and oxygen atoms in total. The van der Waals surface area contributed by atoms with Gasteiger partial charge in [-0.3, -0.25) is 4.99 Å². The third-order valence-corrected chi connectivity index (χ3v) is 6.01. The highest BCUT2D eigenvalue weighted by Crippen LogP contribution is 2.33. The van der Waals surface area contributed by atoms with Crippen molar-refractivity contribution in [3.63, 3.8) is 0 Å². The third-order valence-electron chi connectivity index (χ3n) is 5.16. The van der Waals surface area contributed by atoms with Crippen LogP contribution in [0.5, 0.6) is 5.75 Å². The Morgan fingerprint density at radius 2 is 2.06 bits per heavy atom. The van der Waals surface area contributed by atoms with Crippen molar-refractivity contribution in [2.75, 3.05) is 20.2 Å². The summed E-state index contributed by atoms with van der Waals surface area (Å²) in [7, 11) is 1.59. The van der Waals surface area contributed by atoms with Gasteiger partial charge >= 0.3 is 6.18 Å². The molecule has 9 heteroatoms. The van der Waals surface area contributed by atoms with E-state index in [0.717, 1.165) is 21.3 Å². The first kappa shape index (κ1) is 23.4. The zero-order valence-corrected chi connectivity index (χ0v) is 19.1. The lowest BCUT2D eigenvalue weighted by atomic mass is 9.97. The monoisotopic (exact) mass is 513 g/mol. The number of methoxy groups -OCH3 is 1. The fourth-order valence-corrected chi connectivity index (χ4v) is 4.39. The lowest BCUT2D eigenvalue weighted by molar-refractivity contribution is -0.171. The lowest BCUT2D eigenvalue weighted by Gasteiger charge is -2.31. The van der Waals surface area contributed by atoms with E-state index in [1.165, 1.54) is 4.90 Å². The van der Waals surface area contributed by atoms with Gasteiger partial charge in [0, 0.05) is 21.6 Å². The molecule has 0 aliphatic carbocycles. The fourth-order valence-electron chi connectivity index (χ4n) is 3.72. The molecule has 0 aromatic heterocycles. The van der Waals surface area contributed by atoms with Crippen LogP contribution >= 0.6 is 27.5 Å². The van der Waals surface area contributed by atoms with Gasteiger partial charge < -0.3 is 9.64 Å². The number of nitriles is 1. The quantitative estimate of drug-likeness (QED) is 0.469. The fraction of sp³-hybridized carbons (Fsp3) is 0.364. The molecule has 1 aliphatic rings. The number of nitrogens with zero attached hydrogens (tertiary/aromatic N) is 3. The van der Waals surface area contributed by atoms with E-state index in [2.05, 4.69) is 20.9 Å². The van der Waals surface area contributed by atoms with Crippen LogP contribution in [-0.4, -0.2) is 43.2 Å². The Labute approximate surface area is 192 Å². The van der Waals surface area contributed by atoms with E-state index in [1.54, 1.807) is 31.4 Å². The maximum absolute atomic E-state index is 13.6. The van der Waals surface area contributed by atoms with E-state index in [1.807, 2.05) is 18.2 Å². The molecule has 0 amide bonds. The number of ether oxygens (including phenoxy) is 1. The summed E-state index contributed by atoms with van der Waals surface area (Å²) >= 11 is 9.92. The summed E-state index contributed by atoms with van der Waals surface area (Å²) in [4.78, 5) is 5.53. The standard InChI is InChI=1S/C22H20BrClF3N3O/c1-31-19-8-6-15(23)13-14(19)5-7-16-17(3-2-4-18(16)24)21-29-11-12-30(21)20(9-10-28)22(25,26)27/h2-4,6,8,13,20H,5,7,9,11-12H2,1H3. The predicted octanol–water partition coefficient (Wildman–Crippen LogP) is 5.80. The second kappa shape index (κ2) is 9.92. The molecule has 1 aliphatic heterocycles. The number of halogens is 5. The summed E-state index contributed by atoms with van der Waals surface area (Å²) < 4.78 is 47.2. The van der Waals surface area contributed by atoms with Crippen molar-refractivity contribution in [3.8, 4) is 11.8 Å². The highest BCUT2D eigenvalue weighted by molar-refractivity contribution is 9.10. The van der Waals surface area contributed by atoms with Crippen LogP contribution in [0.2, 0.25) is 5.02 Å². The van der Waals surface area contributed by atoms with Gasteiger partial charge in [0.15, 0.2) is 0 Å². The summed E-state index contributed by atoms with van der Waals surface area (Å²) in [6.45, 7) is 0.339. The van der Waals surface area contributed by atoms with Crippen molar-refractivity contribution < 1.29 is 17.9 Å². The van der Waals surface area contributed by atoms with E-state index in [-0.39, 0.29) is 18.9 Å². The molecule has 0 spiro atoms. The Morgan fingerprint density at radius 3 is 2.74 bits per heavy atom. The van der Waals surface area contributed by atoms with E-state index >= 15 is 0 Å². The highest BCUT2D eigenvalue weighted by atomic mass is 79.9. The molecular weight excluding hydrogens is 495 g/mol. The SMILES string of the molecule is COc1ccc(Br)cc1CCc1c(Cl)cccc1C1=NCCN1C(CC#N)C(F)(F)F. The maximum atomic E-state index is 13.6. The van der Waals surface area contributed by atoms with Crippen molar-refractivity contribution in [2.45, 2.75) is 31.5 Å². The number of alkyl halides is 3. The average Bonchev–Trinajstić information content (AvgIpc) is 3.19. The summed E-state index contributed by atoms with van der Waals surface area (Å²) in [6, 6.07) is 10.6. The topological polar surface area (TPSA) is 48.6 Å². The van der Waals surface area contributed by atoms with Crippen LogP contribution in [-0.2, 0) is 12.8 Å². The van der Waals surface area contributed by atoms with Crippen molar-refractivity contribution in [3.05, 3.63) is 62.6 Å². The molecule has 31 heavy (non-hydrogen) atoms. The van der Waals surface area contributed by atoms with Crippen LogP contribution < -0.4 is 4.74 Å². The van der Waals surface area contributed by atoms with Gasteiger partial charge in [0.05, 0.1) is 26.1 Å². The van der Waals surface area contributed by atoms with E-state index in [9.17, 15) is 13.2 Å². The lowest BCUT2D eigenvalue weighted by Crippen LogP contribution is -2.47. The van der Waals surface area contributed by atoms with Gasteiger partial charge in [-0.05, 0) is 48.2 Å². The zero-order chi connectivity index (χ0) is 22.6. The van der Waals surface area contributed by atoms with Gasteiger partial charge in [0.1, 0.15) is 17.6 Å². The Bertz CT molecular complexity index is 1020. The Hall–Kier alpha value is -2.24. The number of hydrogen-bond donors (Lipinski definition) is 0. The normalized spacial score (nSPS) is 14.9. The van der Waals surface area contributed by atoms with Gasteiger partial charge in [0.25, 0.3) is 0 Å². The Balaban J connectivity index is 1.94. The first-order chi connectivity index (χ1) is 14.8. The summed E-state index contributed by atoms with van der Waals surface area (Å²) in [5.74, 6) is 0.957. The highest BCUT2D eigenvalue weighted by Gasteiger charge is 2.46. The summed E-state index contributed by atoms with van der Waals surface area (Å²) in [6.07, 6.45) is -4.13. The van der Waals surface area contributed by atoms with Crippen molar-refractivity contribution >= 4 is 33.4 Å². The molecule has 0 saturated carbocycles. The first-order valence-corrected chi connectivity index (χ1v) is 10.8. The second-order valence-corrected chi connectivity index (χ2v) is 8.36. The van der Waals surface area contributed by atoms with Gasteiger partial charge in [-0.2, -0.15) is 18.4 Å². The maximum Gasteiger partial charge on any atom is 0.409 e. The van der Waals surface area contributed by atoms with Gasteiger partial charge in [-0.15, -0.1) is 0 Å². The average molecular weight is 515 g/mol. The number of aryl methyl sites for hydroxylation is 1. The predicted molar refractivity (Wildman–Crippen MR) is 118 cm³/mol. The smallest absolute Gasteiger partial charge is 0.409 e. The largest absolute Gasteiger partial charge is 0.496 e. The van der Waals surface area contributed by atoms with Crippen molar-refractivity contribution in [2.24, 2.45) is 4.99 Å². The Kier molecular flexibility index (Phi) is 7.50. The first-order valence-electron chi connectivity index (χ1n) is 9.61. The van der Waals surface area contributed by atoms with Crippen LogP contribution in [0.4, 0.5) is 13.2 Å². The molecule has 2 aromatic rings. The minimum Gasteiger partial charge on any atom is -0.496 e. The summed E-state index contributed by atoms with van der Waals surface area (Å²) in [5, 5.41) is 9.41. The minimum absolute atomic E-state index is 0.104. The van der Waals surface area contributed by atoms with E-state index in [4.69, 9.17) is 21.6 Å². The molecule has 0 saturated heterocycles. The third kappa shape index (κ3) is 5.34. The Morgan fingerprint density at radius 1 is 1.29 bits per heavy atom.